The Bertz CT molecular complexity index is 709. The second kappa shape index (κ2) is 9.33. The van der Waals surface area contributed by atoms with E-state index in [1.165, 1.54) is 19.3 Å². The van der Waals surface area contributed by atoms with Gasteiger partial charge < -0.3 is 20.4 Å². The van der Waals surface area contributed by atoms with E-state index in [1.807, 2.05) is 24.3 Å². The SMILES string of the molecule is NCCOc1cccc(CC(=O)NCc2nncn2C2CCCCC2)c1. The lowest BCUT2D eigenvalue weighted by molar-refractivity contribution is -0.120. The van der Waals surface area contributed by atoms with E-state index in [-0.39, 0.29) is 5.91 Å². The molecule has 7 heteroatoms. The normalized spacial score (nSPS) is 15.0. The number of aromatic nitrogens is 3. The maximum Gasteiger partial charge on any atom is 0.224 e. The van der Waals surface area contributed by atoms with Crippen molar-refractivity contribution in [3.8, 4) is 5.75 Å². The quantitative estimate of drug-likeness (QED) is 0.753. The lowest BCUT2D eigenvalue weighted by Crippen LogP contribution is -2.27. The molecule has 140 valence electrons. The van der Waals surface area contributed by atoms with Crippen molar-refractivity contribution in [2.24, 2.45) is 5.73 Å². The number of nitrogens with two attached hydrogens (primary N) is 1. The van der Waals surface area contributed by atoms with Crippen LogP contribution in [0.5, 0.6) is 5.75 Å². The van der Waals surface area contributed by atoms with Crippen molar-refractivity contribution in [2.45, 2.75) is 51.1 Å². The highest BCUT2D eigenvalue weighted by Gasteiger charge is 2.18. The second-order valence-corrected chi connectivity index (χ2v) is 6.68. The molecule has 0 radical (unpaired) electrons. The lowest BCUT2D eigenvalue weighted by atomic mass is 9.95. The molecule has 0 spiro atoms. The van der Waals surface area contributed by atoms with Gasteiger partial charge in [-0.05, 0) is 30.5 Å². The fraction of sp³-hybridized carbons (Fsp3) is 0.526. The zero-order chi connectivity index (χ0) is 18.2. The number of hydrogen-bond donors (Lipinski definition) is 2. The van der Waals surface area contributed by atoms with Crippen molar-refractivity contribution >= 4 is 5.91 Å². The third-order valence-corrected chi connectivity index (χ3v) is 4.71. The molecular formula is C19H27N5O2. The topological polar surface area (TPSA) is 95.1 Å². The molecule has 0 atom stereocenters. The van der Waals surface area contributed by atoms with Gasteiger partial charge in [-0.25, -0.2) is 0 Å². The summed E-state index contributed by atoms with van der Waals surface area (Å²) in [5.74, 6) is 1.52. The number of ether oxygens (including phenoxy) is 1. The number of carbonyl (C=O) groups excluding carboxylic acids is 1. The average Bonchev–Trinajstić information content (AvgIpc) is 3.14. The van der Waals surface area contributed by atoms with Gasteiger partial charge in [0.1, 0.15) is 18.7 Å². The number of carbonyl (C=O) groups is 1. The van der Waals surface area contributed by atoms with Crippen molar-refractivity contribution in [3.05, 3.63) is 42.0 Å². The van der Waals surface area contributed by atoms with Crippen molar-refractivity contribution in [1.82, 2.24) is 20.1 Å². The van der Waals surface area contributed by atoms with Crippen LogP contribution in [0.25, 0.3) is 0 Å². The Kier molecular flexibility index (Phi) is 6.60. The van der Waals surface area contributed by atoms with Crippen LogP contribution in [0.2, 0.25) is 0 Å². The molecule has 3 N–H and O–H groups in total. The van der Waals surface area contributed by atoms with Crippen LogP contribution in [0.15, 0.2) is 30.6 Å². The third kappa shape index (κ3) is 5.05. The van der Waals surface area contributed by atoms with E-state index in [9.17, 15) is 4.79 Å². The van der Waals surface area contributed by atoms with E-state index < -0.39 is 0 Å². The van der Waals surface area contributed by atoms with E-state index >= 15 is 0 Å². The summed E-state index contributed by atoms with van der Waals surface area (Å²) in [6.07, 6.45) is 8.21. The third-order valence-electron chi connectivity index (χ3n) is 4.71. The van der Waals surface area contributed by atoms with Gasteiger partial charge in [0.05, 0.1) is 13.0 Å². The predicted molar refractivity (Wildman–Crippen MR) is 98.7 cm³/mol. The monoisotopic (exact) mass is 357 g/mol. The lowest BCUT2D eigenvalue weighted by Gasteiger charge is -2.24. The number of nitrogens with zero attached hydrogens (tertiary/aromatic N) is 3. The first kappa shape index (κ1) is 18.4. The van der Waals surface area contributed by atoms with Gasteiger partial charge in [-0.3, -0.25) is 4.79 Å². The molecule has 7 nitrogen and oxygen atoms in total. The summed E-state index contributed by atoms with van der Waals surface area (Å²) >= 11 is 0. The molecule has 1 aliphatic carbocycles. The van der Waals surface area contributed by atoms with Crippen LogP contribution in [0.3, 0.4) is 0 Å². The predicted octanol–water partition coefficient (Wildman–Crippen LogP) is 1.98. The van der Waals surface area contributed by atoms with Gasteiger partial charge in [-0.15, -0.1) is 10.2 Å². The molecule has 1 amide bonds. The molecule has 1 fully saturated rings. The highest BCUT2D eigenvalue weighted by atomic mass is 16.5. The van der Waals surface area contributed by atoms with Gasteiger partial charge in [-0.2, -0.15) is 0 Å². The summed E-state index contributed by atoms with van der Waals surface area (Å²) in [6.45, 7) is 1.33. The van der Waals surface area contributed by atoms with E-state index in [0.29, 0.717) is 32.2 Å². The summed E-state index contributed by atoms with van der Waals surface area (Å²) in [5.41, 5.74) is 6.35. The molecule has 1 aliphatic rings. The summed E-state index contributed by atoms with van der Waals surface area (Å²) < 4.78 is 7.63. The summed E-state index contributed by atoms with van der Waals surface area (Å²) in [7, 11) is 0. The first-order valence-electron chi connectivity index (χ1n) is 9.33. The Morgan fingerprint density at radius 3 is 2.96 bits per heavy atom. The number of nitrogens with one attached hydrogen (secondary N) is 1. The fourth-order valence-corrected chi connectivity index (χ4v) is 3.40. The number of benzene rings is 1. The Morgan fingerprint density at radius 2 is 2.15 bits per heavy atom. The van der Waals surface area contributed by atoms with Gasteiger partial charge >= 0.3 is 0 Å². The van der Waals surface area contributed by atoms with Crippen LogP contribution in [0.1, 0.15) is 49.5 Å². The molecule has 0 unspecified atom stereocenters. The molecule has 2 aromatic rings. The van der Waals surface area contributed by atoms with Crippen molar-refractivity contribution < 1.29 is 9.53 Å². The Hall–Kier alpha value is -2.41. The second-order valence-electron chi connectivity index (χ2n) is 6.68. The molecule has 0 bridgehead atoms. The van der Waals surface area contributed by atoms with E-state index in [2.05, 4.69) is 20.1 Å². The Balaban J connectivity index is 1.52. The van der Waals surface area contributed by atoms with Crippen LogP contribution in [-0.2, 0) is 17.8 Å². The van der Waals surface area contributed by atoms with Gasteiger partial charge in [0, 0.05) is 12.6 Å². The zero-order valence-corrected chi connectivity index (χ0v) is 15.1. The standard InChI is InChI=1S/C19H27N5O2/c20-9-10-26-17-8-4-5-15(11-17)12-19(25)21-13-18-23-22-14-24(18)16-6-2-1-3-7-16/h4-5,8,11,14,16H,1-3,6-7,9-10,12-13,20H2,(H,21,25). The van der Waals surface area contributed by atoms with E-state index in [0.717, 1.165) is 30.0 Å². The molecular weight excluding hydrogens is 330 g/mol. The minimum atomic E-state index is -0.0424. The molecule has 26 heavy (non-hydrogen) atoms. The largest absolute Gasteiger partial charge is 0.492 e. The average molecular weight is 357 g/mol. The van der Waals surface area contributed by atoms with Crippen LogP contribution >= 0.6 is 0 Å². The van der Waals surface area contributed by atoms with Gasteiger partial charge in [0.25, 0.3) is 0 Å². The highest BCUT2D eigenvalue weighted by molar-refractivity contribution is 5.78. The maximum absolute atomic E-state index is 12.3. The van der Waals surface area contributed by atoms with Crippen LogP contribution in [-0.4, -0.2) is 33.8 Å². The van der Waals surface area contributed by atoms with Gasteiger partial charge in [0.15, 0.2) is 5.82 Å². The molecule has 0 saturated heterocycles. The number of amides is 1. The minimum absolute atomic E-state index is 0.0424. The minimum Gasteiger partial charge on any atom is -0.492 e. The summed E-state index contributed by atoms with van der Waals surface area (Å²) in [5, 5.41) is 11.2. The van der Waals surface area contributed by atoms with Crippen molar-refractivity contribution in [2.75, 3.05) is 13.2 Å². The number of hydrogen-bond acceptors (Lipinski definition) is 5. The zero-order valence-electron chi connectivity index (χ0n) is 15.1. The van der Waals surface area contributed by atoms with Gasteiger partial charge in [0.2, 0.25) is 5.91 Å². The molecule has 1 aromatic heterocycles. The van der Waals surface area contributed by atoms with Crippen LogP contribution in [0.4, 0.5) is 0 Å². The van der Waals surface area contributed by atoms with Crippen LogP contribution < -0.4 is 15.8 Å². The molecule has 1 heterocycles. The molecule has 3 rings (SSSR count). The number of rotatable bonds is 8. The van der Waals surface area contributed by atoms with Gasteiger partial charge in [-0.1, -0.05) is 31.4 Å². The van der Waals surface area contributed by atoms with Crippen LogP contribution in [0, 0.1) is 0 Å². The van der Waals surface area contributed by atoms with Crippen molar-refractivity contribution in [3.63, 3.8) is 0 Å². The van der Waals surface area contributed by atoms with Crippen molar-refractivity contribution in [1.29, 1.82) is 0 Å². The molecule has 1 saturated carbocycles. The first-order valence-corrected chi connectivity index (χ1v) is 9.33. The Morgan fingerprint density at radius 1 is 1.31 bits per heavy atom. The Labute approximate surface area is 153 Å². The fourth-order valence-electron chi connectivity index (χ4n) is 3.40. The molecule has 1 aromatic carbocycles. The highest BCUT2D eigenvalue weighted by Crippen LogP contribution is 2.28. The smallest absolute Gasteiger partial charge is 0.224 e. The van der Waals surface area contributed by atoms with E-state index in [1.54, 1.807) is 6.33 Å². The summed E-state index contributed by atoms with van der Waals surface area (Å²) in [4.78, 5) is 12.3. The van der Waals surface area contributed by atoms with E-state index in [4.69, 9.17) is 10.5 Å². The first-order chi connectivity index (χ1) is 12.8. The maximum atomic E-state index is 12.3. The molecule has 0 aliphatic heterocycles. The summed E-state index contributed by atoms with van der Waals surface area (Å²) in [6, 6.07) is 8.00.